The van der Waals surface area contributed by atoms with E-state index in [1.165, 1.54) is 4.90 Å². The number of rotatable bonds is 5. The molecule has 3 rings (SSSR count). The van der Waals surface area contributed by atoms with E-state index in [2.05, 4.69) is 15.4 Å². The SMILES string of the molecule is Cc1cc(C)n(-c2ccc(Cl)c(C(=O)NCc3ccc(C(=O)N(C)C)cc3)n2)n1. The predicted molar refractivity (Wildman–Crippen MR) is 111 cm³/mol. The van der Waals surface area contributed by atoms with Gasteiger partial charge in [0.15, 0.2) is 5.82 Å². The average Bonchev–Trinajstić information content (AvgIpc) is 3.04. The van der Waals surface area contributed by atoms with E-state index in [4.69, 9.17) is 11.6 Å². The fraction of sp³-hybridized carbons (Fsp3) is 0.238. The Labute approximate surface area is 174 Å². The number of hydrogen-bond acceptors (Lipinski definition) is 4. The van der Waals surface area contributed by atoms with Crippen LogP contribution < -0.4 is 5.32 Å². The third kappa shape index (κ3) is 4.63. The van der Waals surface area contributed by atoms with Crippen molar-refractivity contribution in [1.29, 1.82) is 0 Å². The van der Waals surface area contributed by atoms with Gasteiger partial charge in [0.25, 0.3) is 11.8 Å². The summed E-state index contributed by atoms with van der Waals surface area (Å²) in [6.45, 7) is 4.10. The van der Waals surface area contributed by atoms with Crippen LogP contribution in [-0.2, 0) is 6.54 Å². The minimum atomic E-state index is -0.383. The van der Waals surface area contributed by atoms with Crippen LogP contribution in [-0.4, -0.2) is 45.6 Å². The topological polar surface area (TPSA) is 80.1 Å². The van der Waals surface area contributed by atoms with Crippen molar-refractivity contribution >= 4 is 23.4 Å². The lowest BCUT2D eigenvalue weighted by molar-refractivity contribution is 0.0827. The van der Waals surface area contributed by atoms with Crippen molar-refractivity contribution in [3.05, 3.63) is 75.7 Å². The second kappa shape index (κ2) is 8.45. The first-order valence-corrected chi connectivity index (χ1v) is 9.43. The Morgan fingerprint density at radius 1 is 1.10 bits per heavy atom. The van der Waals surface area contributed by atoms with E-state index < -0.39 is 0 Å². The zero-order valence-electron chi connectivity index (χ0n) is 16.7. The van der Waals surface area contributed by atoms with Crippen LogP contribution in [0.2, 0.25) is 5.02 Å². The van der Waals surface area contributed by atoms with Gasteiger partial charge in [-0.15, -0.1) is 0 Å². The van der Waals surface area contributed by atoms with Crippen LogP contribution in [0.4, 0.5) is 0 Å². The molecule has 1 aromatic carbocycles. The van der Waals surface area contributed by atoms with Crippen molar-refractivity contribution in [2.75, 3.05) is 14.1 Å². The highest BCUT2D eigenvalue weighted by molar-refractivity contribution is 6.33. The molecule has 0 spiro atoms. The molecule has 0 aliphatic rings. The monoisotopic (exact) mass is 411 g/mol. The van der Waals surface area contributed by atoms with Gasteiger partial charge in [0, 0.05) is 31.9 Å². The van der Waals surface area contributed by atoms with Gasteiger partial charge < -0.3 is 10.2 Å². The molecule has 0 aliphatic carbocycles. The van der Waals surface area contributed by atoms with E-state index in [0.29, 0.717) is 11.4 Å². The van der Waals surface area contributed by atoms with Gasteiger partial charge >= 0.3 is 0 Å². The molecule has 0 fully saturated rings. The number of carbonyl (C=O) groups excluding carboxylic acids is 2. The molecule has 0 atom stereocenters. The molecule has 2 amide bonds. The minimum Gasteiger partial charge on any atom is -0.347 e. The van der Waals surface area contributed by atoms with Gasteiger partial charge in [-0.2, -0.15) is 5.10 Å². The van der Waals surface area contributed by atoms with E-state index in [-0.39, 0.29) is 29.1 Å². The molecular weight excluding hydrogens is 390 g/mol. The highest BCUT2D eigenvalue weighted by atomic mass is 35.5. The molecule has 7 nitrogen and oxygen atoms in total. The average molecular weight is 412 g/mol. The zero-order chi connectivity index (χ0) is 21.1. The van der Waals surface area contributed by atoms with Gasteiger partial charge in [0.1, 0.15) is 5.69 Å². The number of nitrogens with one attached hydrogen (secondary N) is 1. The summed E-state index contributed by atoms with van der Waals surface area (Å²) in [5.41, 5.74) is 3.36. The third-order valence-corrected chi connectivity index (χ3v) is 4.64. The quantitative estimate of drug-likeness (QED) is 0.699. The van der Waals surface area contributed by atoms with Gasteiger partial charge in [-0.1, -0.05) is 23.7 Å². The molecule has 29 heavy (non-hydrogen) atoms. The van der Waals surface area contributed by atoms with Crippen LogP contribution in [0.25, 0.3) is 5.82 Å². The van der Waals surface area contributed by atoms with Crippen molar-refractivity contribution in [2.24, 2.45) is 0 Å². The Balaban J connectivity index is 1.73. The largest absolute Gasteiger partial charge is 0.347 e. The van der Waals surface area contributed by atoms with Crippen LogP contribution in [0.1, 0.15) is 37.8 Å². The maximum Gasteiger partial charge on any atom is 0.271 e. The first kappa shape index (κ1) is 20.5. The second-order valence-corrected chi connectivity index (χ2v) is 7.33. The Morgan fingerprint density at radius 2 is 1.79 bits per heavy atom. The van der Waals surface area contributed by atoms with E-state index in [0.717, 1.165) is 17.0 Å². The number of benzene rings is 1. The molecule has 3 aromatic rings. The van der Waals surface area contributed by atoms with E-state index in [1.54, 1.807) is 55.2 Å². The van der Waals surface area contributed by atoms with Gasteiger partial charge in [-0.05, 0) is 49.7 Å². The lowest BCUT2D eigenvalue weighted by Gasteiger charge is -2.11. The molecule has 1 N–H and O–H groups in total. The first-order valence-electron chi connectivity index (χ1n) is 9.05. The summed E-state index contributed by atoms with van der Waals surface area (Å²) in [7, 11) is 3.40. The normalized spacial score (nSPS) is 10.7. The number of carbonyl (C=O) groups is 2. The Hall–Kier alpha value is -3.19. The fourth-order valence-corrected chi connectivity index (χ4v) is 3.05. The lowest BCUT2D eigenvalue weighted by Crippen LogP contribution is -2.25. The fourth-order valence-electron chi connectivity index (χ4n) is 2.86. The van der Waals surface area contributed by atoms with Crippen LogP contribution in [0.15, 0.2) is 42.5 Å². The summed E-state index contributed by atoms with van der Waals surface area (Å²) < 4.78 is 1.67. The Morgan fingerprint density at radius 3 is 2.38 bits per heavy atom. The molecule has 2 aromatic heterocycles. The van der Waals surface area contributed by atoms with Crippen LogP contribution in [0.5, 0.6) is 0 Å². The maximum atomic E-state index is 12.6. The molecule has 0 radical (unpaired) electrons. The molecule has 2 heterocycles. The second-order valence-electron chi connectivity index (χ2n) is 6.92. The number of hydrogen-bond donors (Lipinski definition) is 1. The van der Waals surface area contributed by atoms with Crippen LogP contribution in [0.3, 0.4) is 0 Å². The van der Waals surface area contributed by atoms with E-state index in [9.17, 15) is 9.59 Å². The van der Waals surface area contributed by atoms with Gasteiger partial charge in [-0.25, -0.2) is 9.67 Å². The van der Waals surface area contributed by atoms with E-state index in [1.807, 2.05) is 19.9 Å². The lowest BCUT2D eigenvalue weighted by atomic mass is 10.1. The number of halogens is 1. The smallest absolute Gasteiger partial charge is 0.271 e. The van der Waals surface area contributed by atoms with Crippen molar-refractivity contribution in [3.63, 3.8) is 0 Å². The molecule has 0 unspecified atom stereocenters. The maximum absolute atomic E-state index is 12.6. The van der Waals surface area contributed by atoms with Crippen LogP contribution >= 0.6 is 11.6 Å². The van der Waals surface area contributed by atoms with Crippen molar-refractivity contribution in [3.8, 4) is 5.82 Å². The third-order valence-electron chi connectivity index (χ3n) is 4.33. The number of pyridine rings is 1. The van der Waals surface area contributed by atoms with Crippen molar-refractivity contribution < 1.29 is 9.59 Å². The number of amides is 2. The van der Waals surface area contributed by atoms with Crippen LogP contribution in [0, 0.1) is 13.8 Å². The Bertz CT molecular complexity index is 1060. The number of aromatic nitrogens is 3. The summed E-state index contributed by atoms with van der Waals surface area (Å²) >= 11 is 6.20. The summed E-state index contributed by atoms with van der Waals surface area (Å²) in [6.07, 6.45) is 0. The van der Waals surface area contributed by atoms with Gasteiger partial charge in [0.05, 0.1) is 10.7 Å². The first-order chi connectivity index (χ1) is 13.8. The molecule has 0 aliphatic heterocycles. The van der Waals surface area contributed by atoms with Crippen molar-refractivity contribution in [2.45, 2.75) is 20.4 Å². The summed E-state index contributed by atoms with van der Waals surface area (Å²) in [5, 5.41) is 7.47. The number of nitrogens with zero attached hydrogens (tertiary/aromatic N) is 4. The summed E-state index contributed by atoms with van der Waals surface area (Å²) in [4.78, 5) is 30.5. The summed E-state index contributed by atoms with van der Waals surface area (Å²) in [5.74, 6) is 0.0704. The standard InChI is InChI=1S/C21H22ClN5O2/c1-13-11-14(2)27(25-13)18-10-9-17(22)19(24-18)20(28)23-12-15-5-7-16(8-6-15)21(29)26(3)4/h5-11H,12H2,1-4H3,(H,23,28). The predicted octanol–water partition coefficient (Wildman–Crippen LogP) is 3.17. The molecule has 8 heteroatoms. The molecule has 150 valence electrons. The van der Waals surface area contributed by atoms with Crippen molar-refractivity contribution in [1.82, 2.24) is 25.0 Å². The van der Waals surface area contributed by atoms with Gasteiger partial charge in [0.2, 0.25) is 0 Å². The van der Waals surface area contributed by atoms with E-state index >= 15 is 0 Å². The minimum absolute atomic E-state index is 0.0717. The molecule has 0 bridgehead atoms. The molecular formula is C21H22ClN5O2. The summed E-state index contributed by atoms with van der Waals surface area (Å²) in [6, 6.07) is 12.4. The molecule has 0 saturated carbocycles. The van der Waals surface area contributed by atoms with Gasteiger partial charge in [-0.3, -0.25) is 9.59 Å². The number of aryl methyl sites for hydroxylation is 2. The Kier molecular flexibility index (Phi) is 5.98. The highest BCUT2D eigenvalue weighted by Crippen LogP contribution is 2.18. The highest BCUT2D eigenvalue weighted by Gasteiger charge is 2.15. The molecule has 0 saturated heterocycles. The zero-order valence-corrected chi connectivity index (χ0v) is 17.5.